The summed E-state index contributed by atoms with van der Waals surface area (Å²) < 4.78 is 21.2. The molecule has 0 fully saturated rings. The van der Waals surface area contributed by atoms with Crippen LogP contribution < -0.4 is 24.8 Å². The summed E-state index contributed by atoms with van der Waals surface area (Å²) in [7, 11) is 6.45. The second-order valence-electron chi connectivity index (χ2n) is 4.61. The lowest BCUT2D eigenvalue weighted by molar-refractivity contribution is 0.203. The van der Waals surface area contributed by atoms with Crippen molar-refractivity contribution in [2.45, 2.75) is 13.5 Å². The molecular formula is C16H28IN3O4. The Hall–Kier alpha value is -1.42. The first kappa shape index (κ1) is 22.6. The van der Waals surface area contributed by atoms with E-state index in [0.717, 1.165) is 18.1 Å². The lowest BCUT2D eigenvalue weighted by atomic mass is 10.1. The molecule has 2 N–H and O–H groups in total. The van der Waals surface area contributed by atoms with Crippen molar-refractivity contribution < 1.29 is 18.9 Å². The van der Waals surface area contributed by atoms with Crippen LogP contribution >= 0.6 is 24.0 Å². The fraction of sp³-hybridized carbons (Fsp3) is 0.562. The van der Waals surface area contributed by atoms with E-state index in [9.17, 15) is 0 Å². The third-order valence-electron chi connectivity index (χ3n) is 3.14. The van der Waals surface area contributed by atoms with E-state index >= 15 is 0 Å². The molecule has 0 aliphatic carbocycles. The van der Waals surface area contributed by atoms with Gasteiger partial charge in [-0.25, -0.2) is 4.99 Å². The van der Waals surface area contributed by atoms with E-state index in [1.54, 1.807) is 28.4 Å². The highest BCUT2D eigenvalue weighted by Gasteiger charge is 2.15. The zero-order valence-corrected chi connectivity index (χ0v) is 17.3. The van der Waals surface area contributed by atoms with Gasteiger partial charge in [0.2, 0.25) is 5.75 Å². The predicted octanol–water partition coefficient (Wildman–Crippen LogP) is 2.03. The number of nitrogens with one attached hydrogen (secondary N) is 2. The van der Waals surface area contributed by atoms with Gasteiger partial charge in [0.25, 0.3) is 0 Å². The topological polar surface area (TPSA) is 73.3 Å². The molecule has 8 heteroatoms. The maximum absolute atomic E-state index is 5.47. The Balaban J connectivity index is 0.00000529. The van der Waals surface area contributed by atoms with Crippen molar-refractivity contribution in [2.75, 3.05) is 48.1 Å². The number of ether oxygens (including phenoxy) is 4. The zero-order chi connectivity index (χ0) is 17.1. The van der Waals surface area contributed by atoms with Gasteiger partial charge < -0.3 is 29.6 Å². The maximum atomic E-state index is 5.47. The van der Waals surface area contributed by atoms with Crippen molar-refractivity contribution in [2.24, 2.45) is 4.99 Å². The molecular weight excluding hydrogens is 425 g/mol. The molecule has 7 nitrogen and oxygen atoms in total. The van der Waals surface area contributed by atoms with Crippen LogP contribution in [0.2, 0.25) is 0 Å². The molecule has 1 aromatic carbocycles. The summed E-state index contributed by atoms with van der Waals surface area (Å²) in [5, 5.41) is 6.38. The van der Waals surface area contributed by atoms with Crippen molar-refractivity contribution >= 4 is 29.9 Å². The summed E-state index contributed by atoms with van der Waals surface area (Å²) in [6.07, 6.45) is 0. The Bertz CT molecular complexity index is 512. The minimum absolute atomic E-state index is 0. The number of hydrogen-bond donors (Lipinski definition) is 2. The molecule has 0 bridgehead atoms. The second-order valence-corrected chi connectivity index (χ2v) is 4.61. The van der Waals surface area contributed by atoms with Gasteiger partial charge in [0.1, 0.15) is 0 Å². The monoisotopic (exact) mass is 453 g/mol. The summed E-state index contributed by atoms with van der Waals surface area (Å²) in [4.78, 5) is 4.56. The van der Waals surface area contributed by atoms with Gasteiger partial charge in [-0.2, -0.15) is 0 Å². The first-order valence-corrected chi connectivity index (χ1v) is 7.50. The van der Waals surface area contributed by atoms with E-state index in [2.05, 4.69) is 15.6 Å². The molecule has 0 saturated heterocycles. The molecule has 0 radical (unpaired) electrons. The van der Waals surface area contributed by atoms with Crippen LogP contribution in [0.3, 0.4) is 0 Å². The van der Waals surface area contributed by atoms with Crippen molar-refractivity contribution in [3.05, 3.63) is 17.7 Å². The van der Waals surface area contributed by atoms with Gasteiger partial charge in [0.15, 0.2) is 17.5 Å². The van der Waals surface area contributed by atoms with Crippen molar-refractivity contribution in [1.29, 1.82) is 0 Å². The number of guanidine groups is 1. The summed E-state index contributed by atoms with van der Waals surface area (Å²) in [5.74, 6) is 2.55. The van der Waals surface area contributed by atoms with Crippen molar-refractivity contribution in [1.82, 2.24) is 10.6 Å². The quantitative estimate of drug-likeness (QED) is 0.258. The molecule has 0 aliphatic rings. The number of aliphatic imine (C=N–C) groups is 1. The van der Waals surface area contributed by atoms with Gasteiger partial charge in [-0.3, -0.25) is 0 Å². The standard InChI is InChI=1S/C16H27N3O4.HI/c1-6-17-16(18-9-10-20-2)19-11-12-7-8-13(21-3)15(23-5)14(12)22-4;/h7-8H,6,9-11H2,1-5H3,(H2,17,18,19);1H. The normalized spacial score (nSPS) is 10.6. The number of rotatable bonds is 9. The first-order valence-electron chi connectivity index (χ1n) is 7.50. The molecule has 138 valence electrons. The van der Waals surface area contributed by atoms with Gasteiger partial charge in [-0.15, -0.1) is 24.0 Å². The molecule has 0 amide bonds. The van der Waals surface area contributed by atoms with Gasteiger partial charge in [-0.1, -0.05) is 0 Å². The average molecular weight is 453 g/mol. The molecule has 0 unspecified atom stereocenters. The van der Waals surface area contributed by atoms with E-state index in [0.29, 0.717) is 36.9 Å². The Morgan fingerprint density at radius 3 is 2.25 bits per heavy atom. The molecule has 1 rings (SSSR count). The molecule has 1 aromatic rings. The predicted molar refractivity (Wildman–Crippen MR) is 106 cm³/mol. The van der Waals surface area contributed by atoms with Crippen LogP contribution in [0.4, 0.5) is 0 Å². The van der Waals surface area contributed by atoms with Gasteiger partial charge in [-0.05, 0) is 19.1 Å². The van der Waals surface area contributed by atoms with E-state index in [4.69, 9.17) is 18.9 Å². The van der Waals surface area contributed by atoms with Crippen LogP contribution in [0.25, 0.3) is 0 Å². The highest BCUT2D eigenvalue weighted by atomic mass is 127. The Morgan fingerprint density at radius 1 is 1.00 bits per heavy atom. The summed E-state index contributed by atoms with van der Waals surface area (Å²) in [6, 6.07) is 3.76. The molecule has 0 saturated carbocycles. The minimum Gasteiger partial charge on any atom is -0.493 e. The maximum Gasteiger partial charge on any atom is 0.203 e. The van der Waals surface area contributed by atoms with E-state index < -0.39 is 0 Å². The molecule has 0 aliphatic heterocycles. The fourth-order valence-corrected chi connectivity index (χ4v) is 2.07. The molecule has 0 spiro atoms. The summed E-state index contributed by atoms with van der Waals surface area (Å²) in [6.45, 7) is 4.55. The van der Waals surface area contributed by atoms with E-state index in [1.807, 2.05) is 19.1 Å². The smallest absolute Gasteiger partial charge is 0.203 e. The van der Waals surface area contributed by atoms with Gasteiger partial charge in [0.05, 0.1) is 34.5 Å². The lowest BCUT2D eigenvalue weighted by Crippen LogP contribution is -2.38. The number of methoxy groups -OCH3 is 4. The van der Waals surface area contributed by atoms with Crippen LogP contribution in [-0.4, -0.2) is 54.1 Å². The largest absolute Gasteiger partial charge is 0.493 e. The van der Waals surface area contributed by atoms with Gasteiger partial charge >= 0.3 is 0 Å². The van der Waals surface area contributed by atoms with E-state index in [-0.39, 0.29) is 24.0 Å². The van der Waals surface area contributed by atoms with Crippen LogP contribution in [-0.2, 0) is 11.3 Å². The molecule has 24 heavy (non-hydrogen) atoms. The van der Waals surface area contributed by atoms with Crippen molar-refractivity contribution in [3.8, 4) is 17.2 Å². The lowest BCUT2D eigenvalue weighted by Gasteiger charge is -2.15. The summed E-state index contributed by atoms with van der Waals surface area (Å²) in [5.41, 5.74) is 0.911. The minimum atomic E-state index is 0. The van der Waals surface area contributed by atoms with Crippen LogP contribution in [0.1, 0.15) is 12.5 Å². The van der Waals surface area contributed by atoms with Gasteiger partial charge in [0, 0.05) is 25.8 Å². The third kappa shape index (κ3) is 6.60. The Labute approximate surface area is 161 Å². The zero-order valence-electron chi connectivity index (χ0n) is 15.0. The van der Waals surface area contributed by atoms with Crippen molar-refractivity contribution in [3.63, 3.8) is 0 Å². The van der Waals surface area contributed by atoms with Crippen LogP contribution in [0.5, 0.6) is 17.2 Å². The third-order valence-corrected chi connectivity index (χ3v) is 3.14. The Kier molecular flexibility index (Phi) is 12.2. The highest BCUT2D eigenvalue weighted by Crippen LogP contribution is 2.39. The van der Waals surface area contributed by atoms with Crippen LogP contribution in [0, 0.1) is 0 Å². The SMILES string of the molecule is CCNC(=NCc1ccc(OC)c(OC)c1OC)NCCOC.I. The number of benzene rings is 1. The fourth-order valence-electron chi connectivity index (χ4n) is 2.07. The molecule has 0 aromatic heterocycles. The van der Waals surface area contributed by atoms with Crippen LogP contribution in [0.15, 0.2) is 17.1 Å². The average Bonchev–Trinajstić information content (AvgIpc) is 2.58. The Morgan fingerprint density at radius 2 is 1.71 bits per heavy atom. The number of nitrogens with zero attached hydrogens (tertiary/aromatic N) is 1. The van der Waals surface area contributed by atoms with E-state index in [1.165, 1.54) is 0 Å². The number of hydrogen-bond acceptors (Lipinski definition) is 5. The first-order chi connectivity index (χ1) is 11.2. The highest BCUT2D eigenvalue weighted by molar-refractivity contribution is 14.0. The molecule has 0 heterocycles. The second kappa shape index (κ2) is 12.9. The summed E-state index contributed by atoms with van der Waals surface area (Å²) >= 11 is 0. The number of halogens is 1. The molecule has 0 atom stereocenters.